The van der Waals surface area contributed by atoms with Crippen LogP contribution in [0.1, 0.15) is 72.0 Å². The first kappa shape index (κ1) is 25.7. The highest BCUT2D eigenvalue weighted by atomic mass is 18.2. The Balaban J connectivity index is 1.39. The zero-order valence-corrected chi connectivity index (χ0v) is 21.9. The van der Waals surface area contributed by atoms with Crippen molar-refractivity contribution in [3.8, 4) is 0 Å². The van der Waals surface area contributed by atoms with E-state index < -0.39 is 0 Å². The van der Waals surface area contributed by atoms with E-state index in [9.17, 15) is 9.18 Å². The first-order valence-corrected chi connectivity index (χ1v) is 12.9. The molecule has 2 aliphatic rings. The second kappa shape index (κ2) is 10.7. The van der Waals surface area contributed by atoms with Gasteiger partial charge in [0.2, 0.25) is 0 Å². The van der Waals surface area contributed by atoms with Crippen LogP contribution >= 0.6 is 0 Å². The Hall–Kier alpha value is -2.38. The Kier molecular flexibility index (Phi) is 7.86. The molecule has 0 spiro atoms. The Morgan fingerprint density at radius 2 is 1.69 bits per heavy atom. The van der Waals surface area contributed by atoms with Gasteiger partial charge in [0.15, 0.2) is 0 Å². The SMILES string of the molecule is Cc1ccc([C@H](CC[18F])N2CCN(C3(C)CCN(C(=O)c4c(C)ncnc4C)CC3)C[C@@H]2C)cc1. The van der Waals surface area contributed by atoms with E-state index in [4.69, 9.17) is 0 Å². The van der Waals surface area contributed by atoms with E-state index in [0.717, 1.165) is 57.0 Å². The van der Waals surface area contributed by atoms with Crippen LogP contribution < -0.4 is 0 Å². The number of piperazine rings is 1. The van der Waals surface area contributed by atoms with Gasteiger partial charge in [0.25, 0.3) is 5.91 Å². The number of amides is 1. The fraction of sp³-hybridized carbons (Fsp3) is 0.607. The maximum atomic E-state index is 13.5. The molecule has 7 heteroatoms. The van der Waals surface area contributed by atoms with Crippen molar-refractivity contribution in [3.05, 3.63) is 58.7 Å². The minimum Gasteiger partial charge on any atom is -0.338 e. The fourth-order valence-corrected chi connectivity index (χ4v) is 5.91. The molecule has 2 aliphatic heterocycles. The van der Waals surface area contributed by atoms with Crippen LogP contribution in [-0.4, -0.2) is 81.6 Å². The van der Waals surface area contributed by atoms with Crippen LogP contribution in [0.4, 0.5) is 4.39 Å². The number of benzene rings is 1. The van der Waals surface area contributed by atoms with Gasteiger partial charge in [-0.3, -0.25) is 19.0 Å². The molecular weight excluding hydrogens is 440 g/mol. The van der Waals surface area contributed by atoms with E-state index in [1.807, 2.05) is 18.7 Å². The summed E-state index contributed by atoms with van der Waals surface area (Å²) in [5.41, 5.74) is 4.65. The predicted octanol–water partition coefficient (Wildman–Crippen LogP) is 4.50. The predicted molar refractivity (Wildman–Crippen MR) is 137 cm³/mol. The molecule has 0 saturated carbocycles. The number of nitrogens with zero attached hydrogens (tertiary/aromatic N) is 5. The van der Waals surface area contributed by atoms with Crippen molar-refractivity contribution in [2.24, 2.45) is 0 Å². The van der Waals surface area contributed by atoms with Crippen LogP contribution in [-0.2, 0) is 0 Å². The fourth-order valence-electron chi connectivity index (χ4n) is 5.91. The molecule has 35 heavy (non-hydrogen) atoms. The number of likely N-dealkylation sites (tertiary alicyclic amines) is 1. The molecule has 1 aromatic heterocycles. The normalized spacial score (nSPS) is 22.2. The summed E-state index contributed by atoms with van der Waals surface area (Å²) in [6.07, 6.45) is 3.95. The molecular formula is C28H40FN5O. The van der Waals surface area contributed by atoms with E-state index in [2.05, 4.69) is 64.8 Å². The quantitative estimate of drug-likeness (QED) is 0.609. The van der Waals surface area contributed by atoms with Crippen molar-refractivity contribution in [2.75, 3.05) is 39.4 Å². The average Bonchev–Trinajstić information content (AvgIpc) is 2.84. The van der Waals surface area contributed by atoms with E-state index in [0.29, 0.717) is 18.0 Å². The number of aromatic nitrogens is 2. The number of rotatable bonds is 6. The summed E-state index contributed by atoms with van der Waals surface area (Å²) < 4.78 is 13.5. The molecule has 2 saturated heterocycles. The van der Waals surface area contributed by atoms with E-state index in [1.54, 1.807) is 0 Å². The molecule has 2 aromatic rings. The molecule has 0 bridgehead atoms. The largest absolute Gasteiger partial charge is 0.338 e. The smallest absolute Gasteiger partial charge is 0.257 e. The van der Waals surface area contributed by atoms with Crippen molar-refractivity contribution >= 4 is 5.91 Å². The standard InChI is InChI=1S/C28H40FN5O/c1-20-6-8-24(9-7-20)25(10-13-29)34-17-16-33(18-21(34)2)28(5)11-14-32(15-12-28)27(35)26-22(3)30-19-31-23(26)4/h6-9,19,21,25H,10-18H2,1-5H3/t21-,25-/m0/s1/i29-1. The highest BCUT2D eigenvalue weighted by molar-refractivity contribution is 5.96. The summed E-state index contributed by atoms with van der Waals surface area (Å²) in [4.78, 5) is 28.7. The molecule has 190 valence electrons. The van der Waals surface area contributed by atoms with Gasteiger partial charge in [-0.1, -0.05) is 29.8 Å². The van der Waals surface area contributed by atoms with Gasteiger partial charge < -0.3 is 4.90 Å². The van der Waals surface area contributed by atoms with Crippen LogP contribution in [0.3, 0.4) is 0 Å². The highest BCUT2D eigenvalue weighted by Gasteiger charge is 2.41. The molecule has 0 unspecified atom stereocenters. The summed E-state index contributed by atoms with van der Waals surface area (Å²) in [7, 11) is 0. The highest BCUT2D eigenvalue weighted by Crippen LogP contribution is 2.35. The van der Waals surface area contributed by atoms with Gasteiger partial charge >= 0.3 is 0 Å². The number of hydrogen-bond acceptors (Lipinski definition) is 5. The molecule has 6 nitrogen and oxygen atoms in total. The molecule has 0 aliphatic carbocycles. The van der Waals surface area contributed by atoms with Gasteiger partial charge in [0.1, 0.15) is 6.33 Å². The van der Waals surface area contributed by atoms with Crippen LogP contribution in [0, 0.1) is 20.8 Å². The lowest BCUT2D eigenvalue weighted by Crippen LogP contribution is -2.62. The first-order chi connectivity index (χ1) is 16.7. The van der Waals surface area contributed by atoms with Crippen molar-refractivity contribution in [1.29, 1.82) is 0 Å². The Morgan fingerprint density at radius 1 is 1.06 bits per heavy atom. The Labute approximate surface area is 209 Å². The molecule has 0 N–H and O–H groups in total. The van der Waals surface area contributed by atoms with Crippen molar-refractivity contribution in [3.63, 3.8) is 0 Å². The lowest BCUT2D eigenvalue weighted by molar-refractivity contribution is -0.0318. The molecule has 4 rings (SSSR count). The third kappa shape index (κ3) is 5.41. The topological polar surface area (TPSA) is 52.6 Å². The van der Waals surface area contributed by atoms with Crippen LogP contribution in [0.2, 0.25) is 0 Å². The van der Waals surface area contributed by atoms with E-state index in [-0.39, 0.29) is 24.2 Å². The second-order valence-electron chi connectivity index (χ2n) is 10.6. The molecule has 1 amide bonds. The molecule has 0 radical (unpaired) electrons. The van der Waals surface area contributed by atoms with E-state index >= 15 is 0 Å². The number of piperidine rings is 1. The summed E-state index contributed by atoms with van der Waals surface area (Å²) >= 11 is 0. The molecule has 2 atom stereocenters. The lowest BCUT2D eigenvalue weighted by atomic mass is 9.85. The molecule has 3 heterocycles. The minimum absolute atomic E-state index is 0.0491. The van der Waals surface area contributed by atoms with E-state index in [1.165, 1.54) is 17.5 Å². The number of carbonyl (C=O) groups excluding carboxylic acids is 1. The number of halogens is 1. The monoisotopic (exact) mass is 480 g/mol. The summed E-state index contributed by atoms with van der Waals surface area (Å²) in [5, 5.41) is 0. The van der Waals surface area contributed by atoms with Gasteiger partial charge in [-0.2, -0.15) is 0 Å². The van der Waals surface area contributed by atoms with Crippen molar-refractivity contribution < 1.29 is 9.18 Å². The molecule has 2 fully saturated rings. The third-order valence-corrected chi connectivity index (χ3v) is 8.26. The number of alkyl halides is 1. The lowest BCUT2D eigenvalue weighted by Gasteiger charge is -2.53. The van der Waals surface area contributed by atoms with Gasteiger partial charge in [0.05, 0.1) is 23.6 Å². The number of carbonyl (C=O) groups is 1. The number of aryl methyl sites for hydroxylation is 3. The zero-order valence-electron chi connectivity index (χ0n) is 21.9. The summed E-state index contributed by atoms with van der Waals surface area (Å²) in [6, 6.07) is 9.02. The zero-order chi connectivity index (χ0) is 25.2. The summed E-state index contributed by atoms with van der Waals surface area (Å²) in [5.74, 6) is 0.0491. The van der Waals surface area contributed by atoms with Gasteiger partial charge in [-0.25, -0.2) is 9.97 Å². The maximum absolute atomic E-state index is 13.5. The Bertz CT molecular complexity index is 998. The van der Waals surface area contributed by atoms with Crippen molar-refractivity contribution in [2.45, 2.75) is 71.5 Å². The van der Waals surface area contributed by atoms with Crippen LogP contribution in [0.25, 0.3) is 0 Å². The maximum Gasteiger partial charge on any atom is 0.257 e. The summed E-state index contributed by atoms with van der Waals surface area (Å²) in [6.45, 7) is 14.5. The third-order valence-electron chi connectivity index (χ3n) is 8.26. The van der Waals surface area contributed by atoms with Crippen LogP contribution in [0.5, 0.6) is 0 Å². The van der Waals surface area contributed by atoms with Gasteiger partial charge in [-0.15, -0.1) is 0 Å². The second-order valence-corrected chi connectivity index (χ2v) is 10.6. The van der Waals surface area contributed by atoms with Crippen molar-refractivity contribution in [1.82, 2.24) is 24.7 Å². The minimum atomic E-state index is -0.307. The van der Waals surface area contributed by atoms with Gasteiger partial charge in [0, 0.05) is 50.3 Å². The Morgan fingerprint density at radius 3 is 2.26 bits per heavy atom. The average molecular weight is 481 g/mol. The number of hydrogen-bond donors (Lipinski definition) is 0. The van der Waals surface area contributed by atoms with Gasteiger partial charge in [-0.05, 0) is 59.4 Å². The first-order valence-electron chi connectivity index (χ1n) is 12.9. The molecule has 1 aromatic carbocycles. The van der Waals surface area contributed by atoms with Crippen LogP contribution in [0.15, 0.2) is 30.6 Å².